The molecule has 0 spiro atoms. The van der Waals surface area contributed by atoms with E-state index < -0.39 is 10.8 Å². The molecule has 1 atom stereocenters. The van der Waals surface area contributed by atoms with Crippen molar-refractivity contribution in [2.24, 2.45) is 0 Å². The largest absolute Gasteiger partial charge is 0.388 e. The van der Waals surface area contributed by atoms with Gasteiger partial charge in [0.05, 0.1) is 4.92 Å². The number of amides is 1. The van der Waals surface area contributed by atoms with Gasteiger partial charge in [-0.25, -0.2) is 0 Å². The zero-order valence-corrected chi connectivity index (χ0v) is 12.1. The van der Waals surface area contributed by atoms with Crippen molar-refractivity contribution in [3.05, 3.63) is 33.9 Å². The number of hydrogen-bond donors (Lipinski definition) is 2. The van der Waals surface area contributed by atoms with Crippen LogP contribution in [0.4, 0.5) is 11.4 Å². The topological polar surface area (TPSA) is 87.5 Å². The third-order valence-electron chi connectivity index (χ3n) is 2.74. The average Bonchev–Trinajstić information content (AvgIpc) is 2.36. The third kappa shape index (κ3) is 4.20. The summed E-state index contributed by atoms with van der Waals surface area (Å²) in [6, 6.07) is 4.28. The molecule has 1 aromatic carbocycles. The number of nitrogens with one attached hydrogen (secondary N) is 2. The van der Waals surface area contributed by atoms with Gasteiger partial charge < -0.3 is 15.5 Å². The predicted octanol–water partition coefficient (Wildman–Crippen LogP) is 1.32. The molecule has 7 heteroatoms. The van der Waals surface area contributed by atoms with Gasteiger partial charge in [-0.2, -0.15) is 0 Å². The van der Waals surface area contributed by atoms with Crippen LogP contribution in [-0.2, 0) is 0 Å². The molecule has 0 aliphatic carbocycles. The van der Waals surface area contributed by atoms with E-state index in [2.05, 4.69) is 10.6 Å². The average molecular weight is 280 g/mol. The lowest BCUT2D eigenvalue weighted by Crippen LogP contribution is -2.39. The van der Waals surface area contributed by atoms with E-state index in [9.17, 15) is 14.9 Å². The lowest BCUT2D eigenvalue weighted by atomic mass is 10.1. The quantitative estimate of drug-likeness (QED) is 0.606. The molecule has 0 radical (unpaired) electrons. The van der Waals surface area contributed by atoms with Crippen molar-refractivity contribution >= 4 is 17.3 Å². The Morgan fingerprint density at radius 2 is 2.10 bits per heavy atom. The lowest BCUT2D eigenvalue weighted by Gasteiger charge is -2.18. The minimum absolute atomic E-state index is 0.0625. The van der Waals surface area contributed by atoms with Gasteiger partial charge in [-0.3, -0.25) is 14.9 Å². The van der Waals surface area contributed by atoms with Crippen molar-refractivity contribution in [1.82, 2.24) is 10.2 Å². The second-order valence-electron chi connectivity index (χ2n) is 4.88. The third-order valence-corrected chi connectivity index (χ3v) is 2.74. The first kappa shape index (κ1) is 15.9. The number of nitro benzene ring substituents is 1. The van der Waals surface area contributed by atoms with Crippen LogP contribution in [0.25, 0.3) is 0 Å². The van der Waals surface area contributed by atoms with Crippen molar-refractivity contribution in [2.45, 2.75) is 13.0 Å². The summed E-state index contributed by atoms with van der Waals surface area (Å²) < 4.78 is 0. The van der Waals surface area contributed by atoms with Gasteiger partial charge in [0.15, 0.2) is 0 Å². The summed E-state index contributed by atoms with van der Waals surface area (Å²) in [5, 5.41) is 16.6. The highest BCUT2D eigenvalue weighted by atomic mass is 16.6. The van der Waals surface area contributed by atoms with Crippen LogP contribution in [0.15, 0.2) is 18.2 Å². The van der Waals surface area contributed by atoms with Crippen LogP contribution in [0.3, 0.4) is 0 Å². The van der Waals surface area contributed by atoms with Crippen LogP contribution in [0.2, 0.25) is 0 Å². The summed E-state index contributed by atoms with van der Waals surface area (Å²) in [7, 11) is 5.48. The molecule has 0 fully saturated rings. The normalized spacial score (nSPS) is 12.1. The zero-order valence-electron chi connectivity index (χ0n) is 12.1. The molecule has 1 unspecified atom stereocenters. The molecule has 110 valence electrons. The van der Waals surface area contributed by atoms with Crippen molar-refractivity contribution in [2.75, 3.05) is 33.0 Å². The molecular formula is C13H20N4O3. The Kier molecular flexibility index (Phi) is 5.45. The van der Waals surface area contributed by atoms with Crippen LogP contribution < -0.4 is 10.6 Å². The molecule has 0 saturated heterocycles. The van der Waals surface area contributed by atoms with Gasteiger partial charge in [0, 0.05) is 31.4 Å². The summed E-state index contributed by atoms with van der Waals surface area (Å²) in [4.78, 5) is 24.5. The van der Waals surface area contributed by atoms with Crippen LogP contribution >= 0.6 is 0 Å². The molecule has 0 bridgehead atoms. The molecule has 0 heterocycles. The fraction of sp³-hybridized carbons (Fsp3) is 0.462. The molecule has 1 rings (SSSR count). The molecule has 2 N–H and O–H groups in total. The Morgan fingerprint density at radius 1 is 1.45 bits per heavy atom. The van der Waals surface area contributed by atoms with Gasteiger partial charge in [0.25, 0.3) is 11.6 Å². The minimum atomic E-state index is -0.551. The Hall–Kier alpha value is -2.15. The number of anilines is 1. The fourth-order valence-electron chi connectivity index (χ4n) is 1.93. The molecule has 1 amide bonds. The summed E-state index contributed by atoms with van der Waals surface area (Å²) >= 11 is 0. The van der Waals surface area contributed by atoms with E-state index in [1.165, 1.54) is 12.1 Å². The molecule has 0 saturated carbocycles. The van der Waals surface area contributed by atoms with E-state index in [-0.39, 0.29) is 17.3 Å². The molecule has 20 heavy (non-hydrogen) atoms. The van der Waals surface area contributed by atoms with Gasteiger partial charge in [-0.05, 0) is 33.2 Å². The lowest BCUT2D eigenvalue weighted by molar-refractivity contribution is -0.385. The summed E-state index contributed by atoms with van der Waals surface area (Å²) in [6.07, 6.45) is 0. The van der Waals surface area contributed by atoms with Crippen LogP contribution in [0.5, 0.6) is 0 Å². The zero-order chi connectivity index (χ0) is 15.3. The number of carbonyl (C=O) groups excluding carboxylic acids is 1. The molecule has 0 aliphatic heterocycles. The Morgan fingerprint density at radius 3 is 2.60 bits per heavy atom. The van der Waals surface area contributed by atoms with Crippen LogP contribution in [0, 0.1) is 10.1 Å². The summed E-state index contributed by atoms with van der Waals surface area (Å²) in [6.45, 7) is 2.51. The van der Waals surface area contributed by atoms with E-state index in [4.69, 9.17) is 0 Å². The monoisotopic (exact) mass is 280 g/mol. The van der Waals surface area contributed by atoms with Crippen molar-refractivity contribution < 1.29 is 9.72 Å². The number of nitro groups is 1. The number of nitrogens with zero attached hydrogens (tertiary/aromatic N) is 2. The van der Waals surface area contributed by atoms with E-state index >= 15 is 0 Å². The Balaban J connectivity index is 2.98. The maximum atomic E-state index is 12.2. The standard InChI is InChI=1S/C13H20N4O3/c1-9(8-16(3)4)15-13(18)11-7-10(14-2)5-6-12(11)17(19)20/h5-7,9,14H,8H2,1-4H3,(H,15,18). The molecule has 0 aromatic heterocycles. The highest BCUT2D eigenvalue weighted by Gasteiger charge is 2.21. The second-order valence-corrected chi connectivity index (χ2v) is 4.88. The van der Waals surface area contributed by atoms with Crippen LogP contribution in [-0.4, -0.2) is 49.5 Å². The highest BCUT2D eigenvalue weighted by molar-refractivity contribution is 5.99. The maximum absolute atomic E-state index is 12.2. The van der Waals surface area contributed by atoms with Crippen molar-refractivity contribution in [3.63, 3.8) is 0 Å². The van der Waals surface area contributed by atoms with Gasteiger partial charge in [-0.1, -0.05) is 0 Å². The van der Waals surface area contributed by atoms with E-state index in [0.29, 0.717) is 12.2 Å². The smallest absolute Gasteiger partial charge is 0.282 e. The molecule has 0 aliphatic rings. The second kappa shape index (κ2) is 6.85. The Bertz CT molecular complexity index is 502. The number of likely N-dealkylation sites (N-methyl/N-ethyl adjacent to an activating group) is 1. The number of hydrogen-bond acceptors (Lipinski definition) is 5. The van der Waals surface area contributed by atoms with Gasteiger partial charge >= 0.3 is 0 Å². The molecule has 1 aromatic rings. The first-order valence-electron chi connectivity index (χ1n) is 6.27. The first-order chi connectivity index (χ1) is 9.35. The summed E-state index contributed by atoms with van der Waals surface area (Å²) in [5.74, 6) is -0.442. The number of benzene rings is 1. The van der Waals surface area contributed by atoms with E-state index in [0.717, 1.165) is 0 Å². The first-order valence-corrected chi connectivity index (χ1v) is 6.27. The SMILES string of the molecule is CNc1ccc([N+](=O)[O-])c(C(=O)NC(C)CN(C)C)c1. The highest BCUT2D eigenvalue weighted by Crippen LogP contribution is 2.22. The predicted molar refractivity (Wildman–Crippen MR) is 78.1 cm³/mol. The van der Waals surface area contributed by atoms with Gasteiger partial charge in [0.1, 0.15) is 5.56 Å². The molecule has 7 nitrogen and oxygen atoms in total. The van der Waals surface area contributed by atoms with Gasteiger partial charge in [0.2, 0.25) is 0 Å². The van der Waals surface area contributed by atoms with Crippen molar-refractivity contribution in [3.8, 4) is 0 Å². The number of carbonyl (C=O) groups is 1. The number of rotatable bonds is 6. The maximum Gasteiger partial charge on any atom is 0.282 e. The summed E-state index contributed by atoms with van der Waals surface area (Å²) in [5.41, 5.74) is 0.520. The van der Waals surface area contributed by atoms with Crippen molar-refractivity contribution in [1.29, 1.82) is 0 Å². The van der Waals surface area contributed by atoms with Crippen LogP contribution in [0.1, 0.15) is 17.3 Å². The minimum Gasteiger partial charge on any atom is -0.388 e. The fourth-order valence-corrected chi connectivity index (χ4v) is 1.93. The Labute approximate surface area is 118 Å². The van der Waals surface area contributed by atoms with Gasteiger partial charge in [-0.15, -0.1) is 0 Å². The molecular weight excluding hydrogens is 260 g/mol. The van der Waals surface area contributed by atoms with E-state index in [1.807, 2.05) is 25.9 Å². The van der Waals surface area contributed by atoms with E-state index in [1.54, 1.807) is 13.1 Å².